The molecular weight excluding hydrogens is 368 g/mol. The first kappa shape index (κ1) is 17.0. The molecular formula is C23H19ClN4. The lowest BCUT2D eigenvalue weighted by atomic mass is 9.93. The molecule has 28 heavy (non-hydrogen) atoms. The standard InChI is InChI=1S/C23H19ClN4/c1-15-7-9-27-19(13-25-21(27)11-15)23(17-3-5-18(24)6-4-17)20-14-26-22-12-16(2)8-10-28(20)22/h3-14,23H,1-2H3. The smallest absolute Gasteiger partial charge is 0.137 e. The second-order valence-corrected chi connectivity index (χ2v) is 7.65. The number of nitrogens with zero attached hydrogens (tertiary/aromatic N) is 4. The summed E-state index contributed by atoms with van der Waals surface area (Å²) in [7, 11) is 0. The molecule has 0 saturated heterocycles. The highest BCUT2D eigenvalue weighted by atomic mass is 35.5. The fourth-order valence-electron chi connectivity index (χ4n) is 3.78. The van der Waals surface area contributed by atoms with Gasteiger partial charge in [-0.05, 0) is 66.9 Å². The van der Waals surface area contributed by atoms with Gasteiger partial charge in [-0.3, -0.25) is 0 Å². The third-order valence-corrected chi connectivity index (χ3v) is 5.44. The van der Waals surface area contributed by atoms with Gasteiger partial charge in [-0.15, -0.1) is 0 Å². The highest BCUT2D eigenvalue weighted by Gasteiger charge is 2.24. The van der Waals surface area contributed by atoms with Gasteiger partial charge in [-0.1, -0.05) is 23.7 Å². The Morgan fingerprint density at radius 2 is 1.25 bits per heavy atom. The van der Waals surface area contributed by atoms with Crippen LogP contribution in [0.2, 0.25) is 5.02 Å². The molecule has 0 spiro atoms. The molecule has 138 valence electrons. The zero-order valence-electron chi connectivity index (χ0n) is 15.7. The molecule has 4 nitrogen and oxygen atoms in total. The van der Waals surface area contributed by atoms with Gasteiger partial charge in [0.1, 0.15) is 11.3 Å². The molecule has 0 aliphatic heterocycles. The average Bonchev–Trinajstić information content (AvgIpc) is 3.28. The predicted octanol–water partition coefficient (Wildman–Crippen LogP) is 5.43. The van der Waals surface area contributed by atoms with Crippen molar-refractivity contribution >= 4 is 22.9 Å². The Kier molecular flexibility index (Phi) is 3.95. The van der Waals surface area contributed by atoms with Crippen molar-refractivity contribution in [3.05, 3.63) is 106 Å². The number of aromatic nitrogens is 4. The normalized spacial score (nSPS) is 11.7. The van der Waals surface area contributed by atoms with Gasteiger partial charge in [0.05, 0.1) is 29.7 Å². The molecule has 0 radical (unpaired) electrons. The number of pyridine rings is 2. The summed E-state index contributed by atoms with van der Waals surface area (Å²) in [6.45, 7) is 4.16. The summed E-state index contributed by atoms with van der Waals surface area (Å²) in [5, 5.41) is 0.727. The van der Waals surface area contributed by atoms with Crippen LogP contribution in [0.25, 0.3) is 11.3 Å². The largest absolute Gasteiger partial charge is 0.303 e. The van der Waals surface area contributed by atoms with Crippen LogP contribution in [-0.2, 0) is 0 Å². The summed E-state index contributed by atoms with van der Waals surface area (Å²) >= 11 is 6.16. The summed E-state index contributed by atoms with van der Waals surface area (Å²) in [5.41, 5.74) is 7.61. The van der Waals surface area contributed by atoms with Gasteiger partial charge < -0.3 is 8.80 Å². The van der Waals surface area contributed by atoms with E-state index in [1.165, 1.54) is 11.1 Å². The van der Waals surface area contributed by atoms with Crippen molar-refractivity contribution in [2.75, 3.05) is 0 Å². The number of hydrogen-bond donors (Lipinski definition) is 0. The minimum atomic E-state index is -0.0207. The zero-order chi connectivity index (χ0) is 19.3. The number of benzene rings is 1. The van der Waals surface area contributed by atoms with E-state index in [1.54, 1.807) is 0 Å². The SMILES string of the molecule is Cc1ccn2c(C(c3ccc(Cl)cc3)c3cnc4cc(C)ccn34)cnc2c1. The molecule has 0 fully saturated rings. The van der Waals surface area contributed by atoms with Crippen molar-refractivity contribution < 1.29 is 0 Å². The molecule has 5 rings (SSSR count). The van der Waals surface area contributed by atoms with E-state index in [2.05, 4.69) is 81.4 Å². The van der Waals surface area contributed by atoms with Crippen molar-refractivity contribution in [3.8, 4) is 0 Å². The lowest BCUT2D eigenvalue weighted by molar-refractivity contribution is 0.845. The van der Waals surface area contributed by atoms with Gasteiger partial charge in [0.2, 0.25) is 0 Å². The van der Waals surface area contributed by atoms with Crippen LogP contribution in [0.4, 0.5) is 0 Å². The molecule has 4 aromatic heterocycles. The minimum absolute atomic E-state index is 0.0207. The maximum absolute atomic E-state index is 6.16. The van der Waals surface area contributed by atoms with Crippen molar-refractivity contribution in [2.24, 2.45) is 0 Å². The fraction of sp³-hybridized carbons (Fsp3) is 0.130. The average molecular weight is 387 g/mol. The van der Waals surface area contributed by atoms with Crippen molar-refractivity contribution in [3.63, 3.8) is 0 Å². The first-order chi connectivity index (χ1) is 13.6. The molecule has 5 aromatic rings. The van der Waals surface area contributed by atoms with E-state index in [1.807, 2.05) is 24.5 Å². The highest BCUT2D eigenvalue weighted by Crippen LogP contribution is 2.33. The van der Waals surface area contributed by atoms with E-state index >= 15 is 0 Å². The third kappa shape index (κ3) is 2.77. The van der Waals surface area contributed by atoms with Crippen molar-refractivity contribution in [1.82, 2.24) is 18.8 Å². The highest BCUT2D eigenvalue weighted by molar-refractivity contribution is 6.30. The number of aryl methyl sites for hydroxylation is 2. The third-order valence-electron chi connectivity index (χ3n) is 5.19. The zero-order valence-corrected chi connectivity index (χ0v) is 16.4. The second-order valence-electron chi connectivity index (χ2n) is 7.22. The maximum Gasteiger partial charge on any atom is 0.137 e. The molecule has 0 aliphatic rings. The van der Waals surface area contributed by atoms with Gasteiger partial charge in [0.15, 0.2) is 0 Å². The van der Waals surface area contributed by atoms with Crippen LogP contribution in [0.1, 0.15) is 34.0 Å². The number of imidazole rings is 2. The molecule has 5 heteroatoms. The van der Waals surface area contributed by atoms with E-state index in [0.29, 0.717) is 0 Å². The molecule has 4 heterocycles. The van der Waals surface area contributed by atoms with Crippen LogP contribution in [-0.4, -0.2) is 18.8 Å². The number of halogens is 1. The van der Waals surface area contributed by atoms with Gasteiger partial charge >= 0.3 is 0 Å². The first-order valence-electron chi connectivity index (χ1n) is 9.23. The monoisotopic (exact) mass is 386 g/mol. The van der Waals surface area contributed by atoms with E-state index in [4.69, 9.17) is 11.6 Å². The molecule has 0 aliphatic carbocycles. The summed E-state index contributed by atoms with van der Waals surface area (Å²) in [4.78, 5) is 9.31. The Bertz CT molecular complexity index is 1220. The van der Waals surface area contributed by atoms with E-state index < -0.39 is 0 Å². The molecule has 0 unspecified atom stereocenters. The Balaban J connectivity index is 1.78. The van der Waals surface area contributed by atoms with Crippen LogP contribution in [0, 0.1) is 13.8 Å². The molecule has 0 saturated carbocycles. The summed E-state index contributed by atoms with van der Waals surface area (Å²) in [6, 6.07) is 16.4. The van der Waals surface area contributed by atoms with Crippen LogP contribution < -0.4 is 0 Å². The van der Waals surface area contributed by atoms with Gasteiger partial charge in [-0.25, -0.2) is 9.97 Å². The predicted molar refractivity (Wildman–Crippen MR) is 112 cm³/mol. The van der Waals surface area contributed by atoms with Crippen molar-refractivity contribution in [1.29, 1.82) is 0 Å². The number of fused-ring (bicyclic) bond motifs is 2. The molecule has 1 aromatic carbocycles. The Labute approximate surface area is 168 Å². The Hall–Kier alpha value is -3.11. The summed E-state index contributed by atoms with van der Waals surface area (Å²) in [5.74, 6) is -0.0207. The van der Waals surface area contributed by atoms with E-state index in [0.717, 1.165) is 33.3 Å². The topological polar surface area (TPSA) is 34.6 Å². The van der Waals surface area contributed by atoms with Crippen LogP contribution in [0.5, 0.6) is 0 Å². The lowest BCUT2D eigenvalue weighted by Crippen LogP contribution is -2.09. The van der Waals surface area contributed by atoms with Crippen LogP contribution in [0.15, 0.2) is 73.3 Å². The molecule has 0 bridgehead atoms. The number of hydrogen-bond acceptors (Lipinski definition) is 2. The fourth-order valence-corrected chi connectivity index (χ4v) is 3.91. The van der Waals surface area contributed by atoms with Crippen LogP contribution in [0.3, 0.4) is 0 Å². The molecule has 0 amide bonds. The molecule has 0 N–H and O–H groups in total. The van der Waals surface area contributed by atoms with Gasteiger partial charge in [0, 0.05) is 17.4 Å². The molecule has 0 atom stereocenters. The van der Waals surface area contributed by atoms with E-state index in [-0.39, 0.29) is 5.92 Å². The summed E-state index contributed by atoms with van der Waals surface area (Å²) < 4.78 is 4.31. The Morgan fingerprint density at radius 3 is 1.75 bits per heavy atom. The summed E-state index contributed by atoms with van der Waals surface area (Å²) in [6.07, 6.45) is 8.09. The number of rotatable bonds is 3. The van der Waals surface area contributed by atoms with Crippen LogP contribution >= 0.6 is 11.6 Å². The van der Waals surface area contributed by atoms with Gasteiger partial charge in [-0.2, -0.15) is 0 Å². The van der Waals surface area contributed by atoms with E-state index in [9.17, 15) is 0 Å². The Morgan fingerprint density at radius 1 is 0.750 bits per heavy atom. The van der Waals surface area contributed by atoms with Crippen molar-refractivity contribution in [2.45, 2.75) is 19.8 Å². The quantitative estimate of drug-likeness (QED) is 0.414. The minimum Gasteiger partial charge on any atom is -0.303 e. The first-order valence-corrected chi connectivity index (χ1v) is 9.60. The maximum atomic E-state index is 6.16. The second kappa shape index (κ2) is 6.50. The van der Waals surface area contributed by atoms with Gasteiger partial charge in [0.25, 0.3) is 0 Å². The lowest BCUT2D eigenvalue weighted by Gasteiger charge is -2.18.